The van der Waals surface area contributed by atoms with Crippen molar-refractivity contribution in [1.29, 1.82) is 0 Å². The van der Waals surface area contributed by atoms with Crippen molar-refractivity contribution in [1.82, 2.24) is 0 Å². The number of methoxy groups -OCH3 is 1. The summed E-state index contributed by atoms with van der Waals surface area (Å²) in [7, 11) is 1.73. The minimum atomic E-state index is -0.205. The Labute approximate surface area is 177 Å². The van der Waals surface area contributed by atoms with Crippen LogP contribution in [0.15, 0.2) is 48.0 Å². The first-order valence-electron chi connectivity index (χ1n) is 10.7. The second-order valence-corrected chi connectivity index (χ2v) is 9.63. The molecule has 0 N–H and O–H groups in total. The standard InChI is InChI=1S/C26H27ClO2/c1-26-12-11-22-21-10-8-20(29-2)14-17(21)5-9-23(22)24(26)15-18(25(26)28)13-16-3-6-19(27)7-4-16/h3-4,6-8,10,13-14,22-24H,5,9,11-12,15H2,1-2H3. The molecule has 0 radical (unpaired) electrons. The van der Waals surface area contributed by atoms with Gasteiger partial charge in [0.15, 0.2) is 5.78 Å². The maximum Gasteiger partial charge on any atom is 0.165 e. The van der Waals surface area contributed by atoms with Gasteiger partial charge in [-0.15, -0.1) is 0 Å². The lowest BCUT2D eigenvalue weighted by Gasteiger charge is -2.48. The number of Topliss-reactive ketones (excluding diaryl/α,β-unsaturated/α-hetero) is 1. The van der Waals surface area contributed by atoms with Crippen molar-refractivity contribution in [3.05, 3.63) is 69.8 Å². The van der Waals surface area contributed by atoms with Gasteiger partial charge < -0.3 is 4.74 Å². The summed E-state index contributed by atoms with van der Waals surface area (Å²) in [5, 5.41) is 0.728. The van der Waals surface area contributed by atoms with Gasteiger partial charge in [0.2, 0.25) is 0 Å². The first-order valence-corrected chi connectivity index (χ1v) is 11.0. The van der Waals surface area contributed by atoms with Gasteiger partial charge in [-0.1, -0.05) is 36.7 Å². The van der Waals surface area contributed by atoms with E-state index in [2.05, 4.69) is 31.2 Å². The molecule has 4 unspecified atom stereocenters. The third-order valence-electron chi connectivity index (χ3n) is 7.78. The van der Waals surface area contributed by atoms with E-state index in [4.69, 9.17) is 16.3 Å². The summed E-state index contributed by atoms with van der Waals surface area (Å²) < 4.78 is 5.43. The number of fused-ring (bicyclic) bond motifs is 5. The van der Waals surface area contributed by atoms with Crippen LogP contribution in [0.5, 0.6) is 5.75 Å². The number of allylic oxidation sites excluding steroid dienone is 1. The Kier molecular flexibility index (Phi) is 4.58. The first kappa shape index (κ1) is 18.9. The van der Waals surface area contributed by atoms with Crippen LogP contribution in [0.3, 0.4) is 0 Å². The quantitative estimate of drug-likeness (QED) is 0.534. The average molecular weight is 407 g/mol. The van der Waals surface area contributed by atoms with E-state index in [9.17, 15) is 4.79 Å². The van der Waals surface area contributed by atoms with E-state index >= 15 is 0 Å². The number of ether oxygens (including phenoxy) is 1. The summed E-state index contributed by atoms with van der Waals surface area (Å²) >= 11 is 6.02. The number of carbonyl (C=O) groups is 1. The minimum absolute atomic E-state index is 0.205. The predicted molar refractivity (Wildman–Crippen MR) is 117 cm³/mol. The molecule has 2 aromatic carbocycles. The van der Waals surface area contributed by atoms with Crippen molar-refractivity contribution >= 4 is 23.5 Å². The summed E-state index contributed by atoms with van der Waals surface area (Å²) in [6.45, 7) is 2.22. The van der Waals surface area contributed by atoms with E-state index < -0.39 is 0 Å². The minimum Gasteiger partial charge on any atom is -0.497 e. The highest BCUT2D eigenvalue weighted by Gasteiger charge is 2.56. The van der Waals surface area contributed by atoms with Gasteiger partial charge in [0.05, 0.1) is 7.11 Å². The molecule has 2 nitrogen and oxygen atoms in total. The van der Waals surface area contributed by atoms with Crippen LogP contribution in [0.4, 0.5) is 0 Å². The fourth-order valence-electron chi connectivity index (χ4n) is 6.25. The maximum atomic E-state index is 13.4. The second kappa shape index (κ2) is 7.02. The van der Waals surface area contributed by atoms with Crippen molar-refractivity contribution in [3.63, 3.8) is 0 Å². The van der Waals surface area contributed by atoms with Crippen molar-refractivity contribution in [2.45, 2.75) is 44.9 Å². The molecule has 2 fully saturated rings. The monoisotopic (exact) mass is 406 g/mol. The molecule has 3 aliphatic carbocycles. The zero-order chi connectivity index (χ0) is 20.2. The van der Waals surface area contributed by atoms with Gasteiger partial charge in [0.1, 0.15) is 5.75 Å². The summed E-state index contributed by atoms with van der Waals surface area (Å²) in [5.74, 6) is 2.94. The Balaban J connectivity index is 1.47. The third-order valence-corrected chi connectivity index (χ3v) is 8.04. The molecule has 0 bridgehead atoms. The van der Waals surface area contributed by atoms with Gasteiger partial charge in [0.25, 0.3) is 0 Å². The lowest BCUT2D eigenvalue weighted by Crippen LogP contribution is -2.42. The molecule has 150 valence electrons. The van der Waals surface area contributed by atoms with Crippen molar-refractivity contribution in [3.8, 4) is 5.75 Å². The summed E-state index contributed by atoms with van der Waals surface area (Å²) in [5.41, 5.74) is 4.80. The fourth-order valence-corrected chi connectivity index (χ4v) is 6.37. The molecule has 0 spiro atoms. The Morgan fingerprint density at radius 3 is 2.69 bits per heavy atom. The van der Waals surface area contributed by atoms with Crippen LogP contribution in [-0.4, -0.2) is 12.9 Å². The van der Waals surface area contributed by atoms with Gasteiger partial charge in [0, 0.05) is 10.4 Å². The number of hydrogen-bond acceptors (Lipinski definition) is 2. The highest BCUT2D eigenvalue weighted by molar-refractivity contribution is 6.30. The molecule has 0 aromatic heterocycles. The smallest absolute Gasteiger partial charge is 0.165 e. The van der Waals surface area contributed by atoms with Crippen molar-refractivity contribution in [2.75, 3.05) is 7.11 Å². The highest BCUT2D eigenvalue weighted by Crippen LogP contribution is 2.60. The number of ketones is 1. The Morgan fingerprint density at radius 2 is 1.93 bits per heavy atom. The molecule has 0 heterocycles. The Bertz CT molecular complexity index is 990. The van der Waals surface area contributed by atoms with Gasteiger partial charge in [-0.3, -0.25) is 4.79 Å². The average Bonchev–Trinajstić information content (AvgIpc) is 2.99. The van der Waals surface area contributed by atoms with E-state index in [1.807, 2.05) is 24.3 Å². The van der Waals surface area contributed by atoms with Gasteiger partial charge in [-0.2, -0.15) is 0 Å². The maximum absolute atomic E-state index is 13.4. The molecular formula is C26H27ClO2. The molecule has 0 amide bonds. The van der Waals surface area contributed by atoms with Gasteiger partial charge in [-0.05, 0) is 102 Å². The molecule has 4 atom stereocenters. The highest BCUT2D eigenvalue weighted by atomic mass is 35.5. The van der Waals surface area contributed by atoms with E-state index in [1.165, 1.54) is 17.5 Å². The van der Waals surface area contributed by atoms with Crippen LogP contribution < -0.4 is 4.74 Å². The zero-order valence-electron chi connectivity index (χ0n) is 17.1. The lowest BCUT2D eigenvalue weighted by atomic mass is 9.55. The second-order valence-electron chi connectivity index (χ2n) is 9.19. The third kappa shape index (κ3) is 3.04. The van der Waals surface area contributed by atoms with Crippen LogP contribution in [0.25, 0.3) is 6.08 Å². The Morgan fingerprint density at radius 1 is 1.14 bits per heavy atom. The van der Waals surface area contributed by atoms with Crippen LogP contribution in [0, 0.1) is 17.3 Å². The molecule has 5 rings (SSSR count). The molecule has 2 aromatic rings. The van der Waals surface area contributed by atoms with Crippen LogP contribution in [0.2, 0.25) is 5.02 Å². The van der Waals surface area contributed by atoms with Crippen LogP contribution in [-0.2, 0) is 11.2 Å². The molecule has 3 aliphatic rings. The summed E-state index contributed by atoms with van der Waals surface area (Å²) in [4.78, 5) is 13.4. The molecule has 2 saturated carbocycles. The van der Waals surface area contributed by atoms with E-state index in [1.54, 1.807) is 7.11 Å². The topological polar surface area (TPSA) is 26.3 Å². The number of benzene rings is 2. The predicted octanol–water partition coefficient (Wildman–Crippen LogP) is 6.47. The largest absolute Gasteiger partial charge is 0.497 e. The zero-order valence-corrected chi connectivity index (χ0v) is 17.8. The first-order chi connectivity index (χ1) is 14.0. The normalized spacial score (nSPS) is 31.9. The number of halogens is 1. The summed E-state index contributed by atoms with van der Waals surface area (Å²) in [6.07, 6.45) is 7.36. The van der Waals surface area contributed by atoms with E-state index in [-0.39, 0.29) is 5.41 Å². The number of aryl methyl sites for hydroxylation is 1. The van der Waals surface area contributed by atoms with E-state index in [0.29, 0.717) is 23.5 Å². The van der Waals surface area contributed by atoms with Crippen LogP contribution in [0.1, 0.15) is 55.2 Å². The van der Waals surface area contributed by atoms with Crippen molar-refractivity contribution in [2.24, 2.45) is 17.3 Å². The SMILES string of the molecule is COc1ccc2c(c1)CCC1C2CCC2(C)C(=O)C(=Cc3ccc(Cl)cc3)CC12. The Hall–Kier alpha value is -2.06. The van der Waals surface area contributed by atoms with E-state index in [0.717, 1.165) is 47.6 Å². The fraction of sp³-hybridized carbons (Fsp3) is 0.423. The number of hydrogen-bond donors (Lipinski definition) is 0. The number of carbonyl (C=O) groups excluding carboxylic acids is 1. The molecular weight excluding hydrogens is 380 g/mol. The van der Waals surface area contributed by atoms with Gasteiger partial charge in [-0.25, -0.2) is 0 Å². The molecule has 0 saturated heterocycles. The molecule has 29 heavy (non-hydrogen) atoms. The van der Waals surface area contributed by atoms with Gasteiger partial charge >= 0.3 is 0 Å². The molecule has 3 heteroatoms. The number of rotatable bonds is 2. The van der Waals surface area contributed by atoms with Crippen LogP contribution >= 0.6 is 11.6 Å². The summed E-state index contributed by atoms with van der Waals surface area (Å²) in [6, 6.07) is 14.4. The lowest BCUT2D eigenvalue weighted by molar-refractivity contribution is -0.127. The van der Waals surface area contributed by atoms with Crippen molar-refractivity contribution < 1.29 is 9.53 Å². The molecule has 0 aliphatic heterocycles.